The van der Waals surface area contributed by atoms with E-state index in [1.165, 1.54) is 11.1 Å². The van der Waals surface area contributed by atoms with Crippen LogP contribution in [0, 0.1) is 6.92 Å². The van der Waals surface area contributed by atoms with Crippen LogP contribution in [0.3, 0.4) is 0 Å². The van der Waals surface area contributed by atoms with Gasteiger partial charge in [0.2, 0.25) is 11.8 Å². The van der Waals surface area contributed by atoms with Gasteiger partial charge in [-0.05, 0) is 35.9 Å². The van der Waals surface area contributed by atoms with Crippen molar-refractivity contribution in [2.24, 2.45) is 0 Å². The molecular formula is C18H22N2O2S. The first-order chi connectivity index (χ1) is 11.1. The summed E-state index contributed by atoms with van der Waals surface area (Å²) in [6.07, 6.45) is 1.11. The van der Waals surface area contributed by atoms with Crippen molar-refractivity contribution in [3.63, 3.8) is 0 Å². The highest BCUT2D eigenvalue weighted by Gasteiger charge is 2.18. The molecule has 0 spiro atoms. The second kappa shape index (κ2) is 8.48. The summed E-state index contributed by atoms with van der Waals surface area (Å²) in [6.45, 7) is 3.83. The van der Waals surface area contributed by atoms with Gasteiger partial charge in [-0.15, -0.1) is 11.3 Å². The predicted octanol–water partition coefficient (Wildman–Crippen LogP) is 2.98. The Kier molecular flexibility index (Phi) is 6.35. The predicted molar refractivity (Wildman–Crippen MR) is 93.4 cm³/mol. The zero-order chi connectivity index (χ0) is 16.7. The maximum Gasteiger partial charge on any atom is 0.239 e. The second-order valence-corrected chi connectivity index (χ2v) is 6.36. The van der Waals surface area contributed by atoms with E-state index in [2.05, 4.69) is 35.8 Å². The van der Waals surface area contributed by atoms with E-state index in [1.54, 1.807) is 18.3 Å². The summed E-state index contributed by atoms with van der Waals surface area (Å²) in [5.74, 6) is -0.285. The van der Waals surface area contributed by atoms with E-state index >= 15 is 0 Å². The first kappa shape index (κ1) is 17.2. The normalized spacial score (nSPS) is 11.7. The Morgan fingerprint density at radius 3 is 2.48 bits per heavy atom. The smallest absolute Gasteiger partial charge is 0.239 e. The van der Waals surface area contributed by atoms with Crippen molar-refractivity contribution in [2.75, 3.05) is 6.54 Å². The summed E-state index contributed by atoms with van der Waals surface area (Å²) in [6, 6.07) is 12.1. The first-order valence-electron chi connectivity index (χ1n) is 7.74. The summed E-state index contributed by atoms with van der Waals surface area (Å²) in [5.41, 5.74) is 2.34. The number of rotatable bonds is 7. The molecule has 0 unspecified atom stereocenters. The van der Waals surface area contributed by atoms with Crippen molar-refractivity contribution in [3.05, 3.63) is 57.8 Å². The van der Waals surface area contributed by atoms with Gasteiger partial charge in [0.05, 0.1) is 12.6 Å². The van der Waals surface area contributed by atoms with Crippen LogP contribution < -0.4 is 10.6 Å². The van der Waals surface area contributed by atoms with Crippen LogP contribution in [0.25, 0.3) is 0 Å². The Balaban J connectivity index is 2.06. The zero-order valence-electron chi connectivity index (χ0n) is 13.5. The fraction of sp³-hybridized carbons (Fsp3) is 0.333. The minimum Gasteiger partial charge on any atom is -0.347 e. The number of carbonyl (C=O) groups is 2. The molecule has 0 saturated carbocycles. The van der Waals surface area contributed by atoms with E-state index in [1.807, 2.05) is 23.6 Å². The van der Waals surface area contributed by atoms with Crippen LogP contribution in [0.2, 0.25) is 0 Å². The molecule has 0 bridgehead atoms. The molecule has 1 aromatic carbocycles. The van der Waals surface area contributed by atoms with Gasteiger partial charge < -0.3 is 10.6 Å². The van der Waals surface area contributed by atoms with Gasteiger partial charge in [0, 0.05) is 11.3 Å². The Morgan fingerprint density at radius 1 is 1.13 bits per heavy atom. The van der Waals surface area contributed by atoms with Crippen LogP contribution >= 0.6 is 11.3 Å². The zero-order valence-corrected chi connectivity index (χ0v) is 14.3. The number of thiophene rings is 1. The van der Waals surface area contributed by atoms with Crippen LogP contribution in [-0.2, 0) is 16.0 Å². The number of carbonyl (C=O) groups excluding carboxylic acids is 2. The lowest BCUT2D eigenvalue weighted by atomic mass is 10.0. The fourth-order valence-electron chi connectivity index (χ4n) is 2.35. The Labute approximate surface area is 140 Å². The van der Waals surface area contributed by atoms with Gasteiger partial charge in [0.25, 0.3) is 0 Å². The average molecular weight is 330 g/mol. The number of hydrogen-bond acceptors (Lipinski definition) is 3. The summed E-state index contributed by atoms with van der Waals surface area (Å²) in [5, 5.41) is 7.69. The quantitative estimate of drug-likeness (QED) is 0.820. The van der Waals surface area contributed by atoms with Crippen molar-refractivity contribution < 1.29 is 9.59 Å². The van der Waals surface area contributed by atoms with Gasteiger partial charge in [-0.1, -0.05) is 37.3 Å². The van der Waals surface area contributed by atoms with E-state index < -0.39 is 0 Å². The fourth-order valence-corrected chi connectivity index (χ4v) is 3.33. The van der Waals surface area contributed by atoms with Gasteiger partial charge in [-0.2, -0.15) is 0 Å². The molecule has 23 heavy (non-hydrogen) atoms. The molecule has 0 aliphatic heterocycles. The van der Waals surface area contributed by atoms with E-state index in [-0.39, 0.29) is 24.4 Å². The standard InChI is InChI=1S/C18H22N2O2S/c1-3-16(21)19-12-17(22)20-15(18-13(2)9-10-23-18)11-14-7-5-4-6-8-14/h4-10,15H,3,11-12H2,1-2H3,(H,19,21)(H,20,22)/t15-/m0/s1. The molecule has 0 aliphatic rings. The van der Waals surface area contributed by atoms with Crippen molar-refractivity contribution in [1.29, 1.82) is 0 Å². The number of aryl methyl sites for hydroxylation is 1. The molecular weight excluding hydrogens is 308 g/mol. The van der Waals surface area contributed by atoms with Gasteiger partial charge in [-0.3, -0.25) is 9.59 Å². The molecule has 0 aliphatic carbocycles. The molecule has 4 nitrogen and oxygen atoms in total. The van der Waals surface area contributed by atoms with Gasteiger partial charge in [0.1, 0.15) is 0 Å². The lowest BCUT2D eigenvalue weighted by molar-refractivity contribution is -0.126. The van der Waals surface area contributed by atoms with E-state index in [0.29, 0.717) is 6.42 Å². The third-order valence-electron chi connectivity index (χ3n) is 3.60. The van der Waals surface area contributed by atoms with Gasteiger partial charge >= 0.3 is 0 Å². The van der Waals surface area contributed by atoms with Crippen LogP contribution in [0.5, 0.6) is 0 Å². The molecule has 1 aromatic heterocycles. The van der Waals surface area contributed by atoms with Crippen molar-refractivity contribution in [1.82, 2.24) is 10.6 Å². The summed E-state index contributed by atoms with van der Waals surface area (Å²) >= 11 is 1.65. The number of hydrogen-bond donors (Lipinski definition) is 2. The average Bonchev–Trinajstić information content (AvgIpc) is 2.99. The number of benzene rings is 1. The van der Waals surface area contributed by atoms with Crippen LogP contribution in [-0.4, -0.2) is 18.4 Å². The molecule has 5 heteroatoms. The van der Waals surface area contributed by atoms with Crippen LogP contribution in [0.4, 0.5) is 0 Å². The lowest BCUT2D eigenvalue weighted by Crippen LogP contribution is -2.39. The van der Waals surface area contributed by atoms with E-state index in [4.69, 9.17) is 0 Å². The van der Waals surface area contributed by atoms with Crippen LogP contribution in [0.1, 0.15) is 35.4 Å². The van der Waals surface area contributed by atoms with E-state index in [0.717, 1.165) is 11.3 Å². The maximum atomic E-state index is 12.1. The minimum atomic E-state index is -0.166. The molecule has 2 rings (SSSR count). The molecule has 2 aromatic rings. The van der Waals surface area contributed by atoms with Gasteiger partial charge in [-0.25, -0.2) is 0 Å². The summed E-state index contributed by atoms with van der Waals surface area (Å²) in [7, 11) is 0. The Morgan fingerprint density at radius 2 is 1.87 bits per heavy atom. The van der Waals surface area contributed by atoms with Gasteiger partial charge in [0.15, 0.2) is 0 Å². The molecule has 1 atom stereocenters. The summed E-state index contributed by atoms with van der Waals surface area (Å²) < 4.78 is 0. The molecule has 0 fully saturated rings. The SMILES string of the molecule is CCC(=O)NCC(=O)N[C@@H](Cc1ccccc1)c1sccc1C. The number of amides is 2. The second-order valence-electron chi connectivity index (χ2n) is 5.41. The largest absolute Gasteiger partial charge is 0.347 e. The molecule has 2 amide bonds. The van der Waals surface area contributed by atoms with Crippen molar-refractivity contribution in [2.45, 2.75) is 32.7 Å². The molecule has 122 valence electrons. The maximum absolute atomic E-state index is 12.1. The van der Waals surface area contributed by atoms with Crippen molar-refractivity contribution in [3.8, 4) is 0 Å². The van der Waals surface area contributed by atoms with E-state index in [9.17, 15) is 9.59 Å². The summed E-state index contributed by atoms with van der Waals surface area (Å²) in [4.78, 5) is 24.6. The highest BCUT2D eigenvalue weighted by molar-refractivity contribution is 7.10. The highest BCUT2D eigenvalue weighted by atomic mass is 32.1. The molecule has 0 saturated heterocycles. The Hall–Kier alpha value is -2.14. The monoisotopic (exact) mass is 330 g/mol. The topological polar surface area (TPSA) is 58.2 Å². The molecule has 0 radical (unpaired) electrons. The molecule has 1 heterocycles. The van der Waals surface area contributed by atoms with Crippen LogP contribution in [0.15, 0.2) is 41.8 Å². The Bertz CT molecular complexity index is 652. The highest BCUT2D eigenvalue weighted by Crippen LogP contribution is 2.26. The molecule has 2 N–H and O–H groups in total. The lowest BCUT2D eigenvalue weighted by Gasteiger charge is -2.19. The third-order valence-corrected chi connectivity index (χ3v) is 4.74. The third kappa shape index (κ3) is 5.21. The minimum absolute atomic E-state index is 0.0163. The van der Waals surface area contributed by atoms with Crippen molar-refractivity contribution >= 4 is 23.2 Å². The number of nitrogens with one attached hydrogen (secondary N) is 2. The first-order valence-corrected chi connectivity index (χ1v) is 8.62.